The molecule has 2 nitrogen and oxygen atoms in total. The van der Waals surface area contributed by atoms with Crippen molar-refractivity contribution in [2.45, 2.75) is 25.7 Å². The molecule has 0 bridgehead atoms. The quantitative estimate of drug-likeness (QED) is 0.619. The molecule has 1 fully saturated rings. The lowest BCUT2D eigenvalue weighted by molar-refractivity contribution is 0.360. The van der Waals surface area contributed by atoms with Gasteiger partial charge in [-0.2, -0.15) is 0 Å². The van der Waals surface area contributed by atoms with Crippen molar-refractivity contribution in [3.63, 3.8) is 0 Å². The van der Waals surface area contributed by atoms with Crippen LogP contribution in [0.4, 0.5) is 0 Å². The fourth-order valence-electron chi connectivity index (χ4n) is 2.83. The minimum Gasteiger partial charge on any atom is -0.387 e. The number of rotatable bonds is 0. The van der Waals surface area contributed by atoms with Crippen molar-refractivity contribution in [2.24, 2.45) is 16.8 Å². The molecule has 0 saturated carbocycles. The van der Waals surface area contributed by atoms with Crippen LogP contribution in [0, 0.1) is 11.8 Å². The number of dihydropyridines is 1. The summed E-state index contributed by atoms with van der Waals surface area (Å²) in [5, 5.41) is 3.55. The second kappa shape index (κ2) is 3.26. The first-order valence-corrected chi connectivity index (χ1v) is 5.64. The van der Waals surface area contributed by atoms with E-state index in [9.17, 15) is 0 Å². The Hall–Kier alpha value is -1.05. The molecular weight excluding hydrogens is 172 g/mol. The molecule has 2 heterocycles. The van der Waals surface area contributed by atoms with Gasteiger partial charge in [-0.25, -0.2) is 0 Å². The number of allylic oxidation sites excluding steroid dienone is 3. The summed E-state index contributed by atoms with van der Waals surface area (Å²) in [6, 6.07) is 0. The van der Waals surface area contributed by atoms with Crippen LogP contribution in [0.5, 0.6) is 0 Å². The second-order valence-corrected chi connectivity index (χ2v) is 4.41. The Morgan fingerprint density at radius 2 is 2.29 bits per heavy atom. The Bertz CT molecular complexity index is 325. The van der Waals surface area contributed by atoms with Crippen LogP contribution in [0.2, 0.25) is 0 Å². The largest absolute Gasteiger partial charge is 0.387 e. The van der Waals surface area contributed by atoms with Gasteiger partial charge < -0.3 is 5.32 Å². The van der Waals surface area contributed by atoms with Crippen molar-refractivity contribution in [2.75, 3.05) is 6.54 Å². The van der Waals surface area contributed by atoms with E-state index in [1.165, 1.54) is 37.1 Å². The zero-order valence-electron chi connectivity index (χ0n) is 8.37. The normalized spacial score (nSPS) is 34.9. The summed E-state index contributed by atoms with van der Waals surface area (Å²) >= 11 is 0. The molecule has 1 N–H and O–H groups in total. The van der Waals surface area contributed by atoms with Crippen molar-refractivity contribution in [3.8, 4) is 0 Å². The Labute approximate surface area is 84.8 Å². The van der Waals surface area contributed by atoms with Crippen molar-refractivity contribution in [1.82, 2.24) is 5.32 Å². The van der Waals surface area contributed by atoms with E-state index in [1.807, 2.05) is 6.21 Å². The van der Waals surface area contributed by atoms with Crippen LogP contribution in [0.1, 0.15) is 25.7 Å². The molecule has 2 heteroatoms. The van der Waals surface area contributed by atoms with Crippen molar-refractivity contribution in [1.29, 1.82) is 0 Å². The number of piperidine rings is 1. The predicted molar refractivity (Wildman–Crippen MR) is 58.1 cm³/mol. The third-order valence-electron chi connectivity index (χ3n) is 3.55. The Kier molecular flexibility index (Phi) is 1.93. The Balaban J connectivity index is 2.00. The van der Waals surface area contributed by atoms with Crippen LogP contribution in [-0.2, 0) is 0 Å². The number of nitrogens with zero attached hydrogens (tertiary/aromatic N) is 1. The van der Waals surface area contributed by atoms with Crippen LogP contribution in [-0.4, -0.2) is 12.8 Å². The molecular formula is C12H16N2. The number of hydrogen-bond acceptors (Lipinski definition) is 2. The highest BCUT2D eigenvalue weighted by Gasteiger charge is 2.30. The van der Waals surface area contributed by atoms with Gasteiger partial charge >= 0.3 is 0 Å². The monoisotopic (exact) mass is 188 g/mol. The minimum atomic E-state index is 0.594. The predicted octanol–water partition coefficient (Wildman–Crippen LogP) is 2.25. The SMILES string of the molecule is C1=CC2CCC3CCCNC3=C2N=C1. The standard InChI is InChI=1S/C12H16N2/c1-3-9-5-6-10-4-2-8-14-12(10)11(9)13-7-1/h1,3,7,9-10,14H,2,4-6,8H2. The topological polar surface area (TPSA) is 24.4 Å². The molecule has 0 aromatic carbocycles. The molecule has 1 saturated heterocycles. The molecule has 14 heavy (non-hydrogen) atoms. The maximum Gasteiger partial charge on any atom is 0.0663 e. The van der Waals surface area contributed by atoms with E-state index >= 15 is 0 Å². The number of hydrogen-bond donors (Lipinski definition) is 1. The zero-order valence-corrected chi connectivity index (χ0v) is 8.37. The second-order valence-electron chi connectivity index (χ2n) is 4.41. The lowest BCUT2D eigenvalue weighted by Gasteiger charge is -2.35. The first kappa shape index (κ1) is 8.27. The number of aliphatic imine (C=N–C) groups is 1. The summed E-state index contributed by atoms with van der Waals surface area (Å²) < 4.78 is 0. The van der Waals surface area contributed by atoms with Crippen LogP contribution >= 0.6 is 0 Å². The van der Waals surface area contributed by atoms with E-state index in [-0.39, 0.29) is 0 Å². The van der Waals surface area contributed by atoms with Gasteiger partial charge in [-0.1, -0.05) is 6.08 Å². The summed E-state index contributed by atoms with van der Waals surface area (Å²) in [6.45, 7) is 1.14. The van der Waals surface area contributed by atoms with Crippen molar-refractivity contribution >= 4 is 6.21 Å². The van der Waals surface area contributed by atoms with Crippen LogP contribution in [0.25, 0.3) is 0 Å². The summed E-state index contributed by atoms with van der Waals surface area (Å²) in [6.07, 6.45) is 11.6. The van der Waals surface area contributed by atoms with Gasteiger partial charge in [-0.05, 0) is 31.8 Å². The summed E-state index contributed by atoms with van der Waals surface area (Å²) in [5.41, 5.74) is 2.77. The van der Waals surface area contributed by atoms with E-state index in [1.54, 1.807) is 0 Å². The van der Waals surface area contributed by atoms with Gasteiger partial charge in [0, 0.05) is 30.3 Å². The highest BCUT2D eigenvalue weighted by Crippen LogP contribution is 2.39. The first-order chi connectivity index (χ1) is 6.95. The molecule has 74 valence electrons. The lowest BCUT2D eigenvalue weighted by atomic mass is 9.79. The summed E-state index contributed by atoms with van der Waals surface area (Å²) in [5.74, 6) is 1.37. The Morgan fingerprint density at radius 1 is 1.29 bits per heavy atom. The Morgan fingerprint density at radius 3 is 3.29 bits per heavy atom. The molecule has 2 aliphatic heterocycles. The van der Waals surface area contributed by atoms with Crippen molar-refractivity contribution < 1.29 is 0 Å². The summed E-state index contributed by atoms with van der Waals surface area (Å²) in [7, 11) is 0. The van der Waals surface area contributed by atoms with Gasteiger partial charge in [-0.3, -0.25) is 4.99 Å². The maximum absolute atomic E-state index is 4.54. The maximum atomic E-state index is 4.54. The number of fused-ring (bicyclic) bond motifs is 2. The average Bonchev–Trinajstić information content (AvgIpc) is 2.29. The zero-order chi connectivity index (χ0) is 9.38. The molecule has 3 aliphatic rings. The molecule has 0 aromatic heterocycles. The van der Waals surface area contributed by atoms with E-state index in [0.717, 1.165) is 12.5 Å². The van der Waals surface area contributed by atoms with Crippen LogP contribution < -0.4 is 5.32 Å². The van der Waals surface area contributed by atoms with Crippen molar-refractivity contribution in [3.05, 3.63) is 23.5 Å². The van der Waals surface area contributed by atoms with Gasteiger partial charge in [0.05, 0.1) is 5.70 Å². The van der Waals surface area contributed by atoms with Gasteiger partial charge in [0.25, 0.3) is 0 Å². The fraction of sp³-hybridized carbons (Fsp3) is 0.583. The van der Waals surface area contributed by atoms with Gasteiger partial charge in [0.1, 0.15) is 0 Å². The van der Waals surface area contributed by atoms with E-state index in [2.05, 4.69) is 22.5 Å². The smallest absolute Gasteiger partial charge is 0.0663 e. The van der Waals surface area contributed by atoms with Crippen LogP contribution in [0.3, 0.4) is 0 Å². The fourth-order valence-corrected chi connectivity index (χ4v) is 2.83. The van der Waals surface area contributed by atoms with Gasteiger partial charge in [0.2, 0.25) is 0 Å². The van der Waals surface area contributed by atoms with E-state index in [4.69, 9.17) is 0 Å². The third kappa shape index (κ3) is 1.21. The van der Waals surface area contributed by atoms with Gasteiger partial charge in [-0.15, -0.1) is 0 Å². The molecule has 0 radical (unpaired) electrons. The molecule has 1 aliphatic carbocycles. The molecule has 3 rings (SSSR count). The van der Waals surface area contributed by atoms with Crippen LogP contribution in [0.15, 0.2) is 28.5 Å². The molecule has 2 atom stereocenters. The molecule has 2 unspecified atom stereocenters. The van der Waals surface area contributed by atoms with Gasteiger partial charge in [0.15, 0.2) is 0 Å². The third-order valence-corrected chi connectivity index (χ3v) is 3.55. The molecule has 0 amide bonds. The average molecular weight is 188 g/mol. The minimum absolute atomic E-state index is 0.594. The highest BCUT2D eigenvalue weighted by atomic mass is 14.9. The molecule has 0 spiro atoms. The first-order valence-electron chi connectivity index (χ1n) is 5.64. The lowest BCUT2D eigenvalue weighted by Crippen LogP contribution is -2.33. The van der Waals surface area contributed by atoms with E-state index in [0.29, 0.717) is 5.92 Å². The molecule has 0 aromatic rings. The highest BCUT2D eigenvalue weighted by molar-refractivity contribution is 5.74. The summed E-state index contributed by atoms with van der Waals surface area (Å²) in [4.78, 5) is 4.54. The number of nitrogens with one attached hydrogen (secondary N) is 1. The van der Waals surface area contributed by atoms with E-state index < -0.39 is 0 Å².